The number of carbonyl (C=O) groups excluding carboxylic acids is 1. The fraction of sp³-hybridized carbons (Fsp3) is 0.158. The quantitative estimate of drug-likeness (QED) is 0.791. The van der Waals surface area contributed by atoms with Crippen LogP contribution in [0.15, 0.2) is 53.1 Å². The van der Waals surface area contributed by atoms with E-state index in [0.717, 1.165) is 5.56 Å². The lowest BCUT2D eigenvalue weighted by Crippen LogP contribution is -2.22. The highest BCUT2D eigenvalue weighted by molar-refractivity contribution is 5.94. The number of aryl methyl sites for hydroxylation is 1. The number of nitrogens with zero attached hydrogens (tertiary/aromatic N) is 1. The van der Waals surface area contributed by atoms with Crippen molar-refractivity contribution in [2.75, 3.05) is 6.79 Å². The maximum atomic E-state index is 12.3. The fourth-order valence-electron chi connectivity index (χ4n) is 2.56. The van der Waals surface area contributed by atoms with Crippen molar-refractivity contribution in [1.29, 1.82) is 0 Å². The summed E-state index contributed by atoms with van der Waals surface area (Å²) in [7, 11) is 0. The Kier molecular flexibility index (Phi) is 3.85. The van der Waals surface area contributed by atoms with Crippen LogP contribution in [0.2, 0.25) is 0 Å². The summed E-state index contributed by atoms with van der Waals surface area (Å²) in [5.74, 6) is 1.69. The van der Waals surface area contributed by atoms with Gasteiger partial charge in [0.2, 0.25) is 6.79 Å². The molecule has 0 fully saturated rings. The number of amides is 1. The second-order valence-electron chi connectivity index (χ2n) is 5.80. The van der Waals surface area contributed by atoms with E-state index in [-0.39, 0.29) is 19.2 Å². The Hall–Kier alpha value is -3.28. The molecule has 25 heavy (non-hydrogen) atoms. The van der Waals surface area contributed by atoms with Crippen LogP contribution in [0.5, 0.6) is 11.5 Å². The average molecular weight is 336 g/mol. The number of ether oxygens (including phenoxy) is 2. The van der Waals surface area contributed by atoms with Gasteiger partial charge in [0, 0.05) is 17.2 Å². The third-order valence-corrected chi connectivity index (χ3v) is 3.96. The van der Waals surface area contributed by atoms with E-state index in [1.165, 1.54) is 5.56 Å². The Morgan fingerprint density at radius 2 is 1.88 bits per heavy atom. The number of fused-ring (bicyclic) bond motifs is 1. The van der Waals surface area contributed by atoms with Crippen molar-refractivity contribution >= 4 is 5.91 Å². The predicted molar refractivity (Wildman–Crippen MR) is 90.4 cm³/mol. The standard InChI is InChI=1S/C19H16N2O4/c1-12-2-4-13(5-3-12)17-9-15(21-25-17)10-20-19(22)14-6-7-16-18(8-14)24-11-23-16/h2-9H,10-11H2,1H3,(H,20,22). The Balaban J connectivity index is 1.41. The molecule has 2 aromatic carbocycles. The molecule has 0 radical (unpaired) electrons. The average Bonchev–Trinajstić information content (AvgIpc) is 3.29. The van der Waals surface area contributed by atoms with Gasteiger partial charge < -0.3 is 19.3 Å². The summed E-state index contributed by atoms with van der Waals surface area (Å²) in [6.07, 6.45) is 0. The lowest BCUT2D eigenvalue weighted by molar-refractivity contribution is 0.0949. The van der Waals surface area contributed by atoms with Gasteiger partial charge in [-0.05, 0) is 25.1 Å². The van der Waals surface area contributed by atoms with Crippen molar-refractivity contribution in [2.45, 2.75) is 13.5 Å². The Morgan fingerprint density at radius 1 is 1.08 bits per heavy atom. The summed E-state index contributed by atoms with van der Waals surface area (Å²) in [5.41, 5.74) is 3.29. The molecule has 1 amide bonds. The summed E-state index contributed by atoms with van der Waals surface area (Å²) in [4.78, 5) is 12.3. The third-order valence-electron chi connectivity index (χ3n) is 3.96. The molecular weight excluding hydrogens is 320 g/mol. The van der Waals surface area contributed by atoms with Crippen molar-refractivity contribution < 1.29 is 18.8 Å². The van der Waals surface area contributed by atoms with Crippen LogP contribution in [-0.2, 0) is 6.54 Å². The van der Waals surface area contributed by atoms with Gasteiger partial charge in [-0.1, -0.05) is 35.0 Å². The van der Waals surface area contributed by atoms with Crippen molar-refractivity contribution in [3.63, 3.8) is 0 Å². The van der Waals surface area contributed by atoms with Crippen molar-refractivity contribution in [1.82, 2.24) is 10.5 Å². The Morgan fingerprint density at radius 3 is 2.72 bits per heavy atom. The van der Waals surface area contributed by atoms with Crippen LogP contribution >= 0.6 is 0 Å². The minimum absolute atomic E-state index is 0.182. The minimum atomic E-state index is -0.210. The molecule has 1 N–H and O–H groups in total. The third kappa shape index (κ3) is 3.19. The SMILES string of the molecule is Cc1ccc(-c2cc(CNC(=O)c3ccc4c(c3)OCO4)no2)cc1. The van der Waals surface area contributed by atoms with Crippen LogP contribution in [0.3, 0.4) is 0 Å². The van der Waals surface area contributed by atoms with E-state index in [2.05, 4.69) is 10.5 Å². The summed E-state index contributed by atoms with van der Waals surface area (Å²) < 4.78 is 15.9. The molecule has 0 saturated carbocycles. The first-order valence-electron chi connectivity index (χ1n) is 7.89. The first-order valence-corrected chi connectivity index (χ1v) is 7.89. The zero-order valence-corrected chi connectivity index (χ0v) is 13.6. The van der Waals surface area contributed by atoms with Gasteiger partial charge in [0.15, 0.2) is 17.3 Å². The van der Waals surface area contributed by atoms with E-state index < -0.39 is 0 Å². The molecule has 126 valence electrons. The van der Waals surface area contributed by atoms with Gasteiger partial charge >= 0.3 is 0 Å². The topological polar surface area (TPSA) is 73.6 Å². The highest BCUT2D eigenvalue weighted by Gasteiger charge is 2.16. The van der Waals surface area contributed by atoms with Crippen molar-refractivity contribution in [3.8, 4) is 22.8 Å². The molecular formula is C19H16N2O4. The molecule has 4 rings (SSSR count). The summed E-state index contributed by atoms with van der Waals surface area (Å²) in [6, 6.07) is 14.9. The van der Waals surface area contributed by atoms with E-state index >= 15 is 0 Å². The largest absolute Gasteiger partial charge is 0.454 e. The van der Waals surface area contributed by atoms with Gasteiger partial charge in [-0.15, -0.1) is 0 Å². The zero-order valence-electron chi connectivity index (χ0n) is 13.6. The molecule has 1 aromatic heterocycles. The maximum Gasteiger partial charge on any atom is 0.251 e. The fourth-order valence-corrected chi connectivity index (χ4v) is 2.56. The Labute approximate surface area is 144 Å². The van der Waals surface area contributed by atoms with Crippen LogP contribution in [-0.4, -0.2) is 17.9 Å². The van der Waals surface area contributed by atoms with Crippen LogP contribution in [0.25, 0.3) is 11.3 Å². The number of aromatic nitrogens is 1. The summed E-state index contributed by atoms with van der Waals surface area (Å²) in [5, 5.41) is 6.83. The maximum absolute atomic E-state index is 12.3. The Bertz CT molecular complexity index is 915. The lowest BCUT2D eigenvalue weighted by Gasteiger charge is -2.04. The molecule has 0 unspecified atom stereocenters. The van der Waals surface area contributed by atoms with Crippen molar-refractivity contribution in [3.05, 3.63) is 65.4 Å². The first kappa shape index (κ1) is 15.3. The molecule has 3 aromatic rings. The summed E-state index contributed by atoms with van der Waals surface area (Å²) >= 11 is 0. The molecule has 6 heteroatoms. The zero-order chi connectivity index (χ0) is 17.2. The smallest absolute Gasteiger partial charge is 0.251 e. The van der Waals surface area contributed by atoms with Crippen LogP contribution in [0.4, 0.5) is 0 Å². The van der Waals surface area contributed by atoms with E-state index in [4.69, 9.17) is 14.0 Å². The van der Waals surface area contributed by atoms with E-state index in [0.29, 0.717) is 28.5 Å². The van der Waals surface area contributed by atoms with Crippen LogP contribution in [0, 0.1) is 6.92 Å². The highest BCUT2D eigenvalue weighted by atomic mass is 16.7. The van der Waals surface area contributed by atoms with E-state index in [9.17, 15) is 4.79 Å². The monoisotopic (exact) mass is 336 g/mol. The van der Waals surface area contributed by atoms with Gasteiger partial charge in [0.1, 0.15) is 5.69 Å². The molecule has 1 aliphatic heterocycles. The van der Waals surface area contributed by atoms with E-state index in [1.807, 2.05) is 37.3 Å². The normalized spacial score (nSPS) is 12.2. The lowest BCUT2D eigenvalue weighted by atomic mass is 10.1. The van der Waals surface area contributed by atoms with Crippen molar-refractivity contribution in [2.24, 2.45) is 0 Å². The number of carbonyl (C=O) groups is 1. The number of rotatable bonds is 4. The highest BCUT2D eigenvalue weighted by Crippen LogP contribution is 2.32. The van der Waals surface area contributed by atoms with Gasteiger partial charge in [0.05, 0.1) is 6.54 Å². The number of hydrogen-bond acceptors (Lipinski definition) is 5. The molecule has 0 bridgehead atoms. The minimum Gasteiger partial charge on any atom is -0.454 e. The van der Waals surface area contributed by atoms with Gasteiger partial charge in [-0.3, -0.25) is 4.79 Å². The summed E-state index contributed by atoms with van der Waals surface area (Å²) in [6.45, 7) is 2.49. The van der Waals surface area contributed by atoms with Gasteiger partial charge in [-0.25, -0.2) is 0 Å². The molecule has 0 spiro atoms. The molecule has 6 nitrogen and oxygen atoms in total. The van der Waals surface area contributed by atoms with E-state index in [1.54, 1.807) is 18.2 Å². The number of benzene rings is 2. The second-order valence-corrected chi connectivity index (χ2v) is 5.80. The number of nitrogens with one attached hydrogen (secondary N) is 1. The molecule has 2 heterocycles. The van der Waals surface area contributed by atoms with Gasteiger partial charge in [0.25, 0.3) is 5.91 Å². The molecule has 1 aliphatic rings. The number of hydrogen-bond donors (Lipinski definition) is 1. The molecule has 0 atom stereocenters. The van der Waals surface area contributed by atoms with Gasteiger partial charge in [-0.2, -0.15) is 0 Å². The molecule has 0 aliphatic carbocycles. The first-order chi connectivity index (χ1) is 12.2. The second kappa shape index (κ2) is 6.32. The van der Waals surface area contributed by atoms with Crippen LogP contribution in [0.1, 0.15) is 21.6 Å². The molecule has 0 saturated heterocycles. The van der Waals surface area contributed by atoms with Crippen LogP contribution < -0.4 is 14.8 Å². The predicted octanol–water partition coefficient (Wildman–Crippen LogP) is 3.31.